The number of aromatic hydroxyl groups is 1. The summed E-state index contributed by atoms with van der Waals surface area (Å²) in [6.07, 6.45) is 5.16. The van der Waals surface area contributed by atoms with Crippen molar-refractivity contribution in [3.63, 3.8) is 0 Å². The Hall–Kier alpha value is -2.33. The molecule has 1 saturated carbocycles. The molecule has 154 valence electrons. The Balaban J connectivity index is 1.42. The van der Waals surface area contributed by atoms with Crippen LogP contribution < -0.4 is 4.74 Å². The Morgan fingerprint density at radius 3 is 2.80 bits per heavy atom. The number of nitrogens with zero attached hydrogens (tertiary/aromatic N) is 1. The third-order valence-corrected chi connectivity index (χ3v) is 9.28. The van der Waals surface area contributed by atoms with Crippen molar-refractivity contribution in [2.24, 2.45) is 11.3 Å². The lowest BCUT2D eigenvalue weighted by molar-refractivity contribution is -0.156. The predicted molar refractivity (Wildman–Crippen MR) is 113 cm³/mol. The van der Waals surface area contributed by atoms with E-state index in [1.54, 1.807) is 6.07 Å². The molecule has 30 heavy (non-hydrogen) atoms. The zero-order chi connectivity index (χ0) is 20.3. The van der Waals surface area contributed by atoms with Gasteiger partial charge in [-0.05, 0) is 80.8 Å². The summed E-state index contributed by atoms with van der Waals surface area (Å²) in [6.45, 7) is 0.985. The molecule has 2 bridgehead atoms. The molecular weight excluding hydrogens is 374 g/mol. The summed E-state index contributed by atoms with van der Waals surface area (Å²) in [5.74, 6) is 1.50. The molecule has 7 rings (SSSR count). The number of likely N-dealkylation sites (tertiary alicyclic amines) is 1. The number of likely N-dealkylation sites (N-methyl/N-ethyl adjacent to an activating group) is 1. The van der Waals surface area contributed by atoms with E-state index in [2.05, 4.69) is 42.3 Å². The average molecular weight is 402 g/mol. The first-order chi connectivity index (χ1) is 14.5. The maximum Gasteiger partial charge on any atom is 0.180 e. The highest BCUT2D eigenvalue weighted by atomic mass is 16.5. The van der Waals surface area contributed by atoms with Crippen molar-refractivity contribution in [1.82, 2.24) is 4.90 Å². The number of phenols is 1. The Kier molecular flexibility index (Phi) is 3.17. The fraction of sp³-hybridized carbons (Fsp3) is 0.500. The first kappa shape index (κ1) is 17.4. The van der Waals surface area contributed by atoms with E-state index in [4.69, 9.17) is 4.74 Å². The second-order valence-corrected chi connectivity index (χ2v) is 10.4. The SMILES string of the molecule is CN1CC[C@]23c4c5ccc(O)c4O[C@H]2C(=O)[C@@]2(CCc4ccccc4C2)C[C@H]3[C@H]1C5. The fourth-order valence-corrected chi connectivity index (χ4v) is 7.88. The molecule has 4 heteroatoms. The summed E-state index contributed by atoms with van der Waals surface area (Å²) < 4.78 is 6.45. The van der Waals surface area contributed by atoms with Crippen LogP contribution in [0.4, 0.5) is 0 Å². The van der Waals surface area contributed by atoms with E-state index >= 15 is 0 Å². The number of piperidine rings is 1. The number of ketones is 1. The number of benzene rings is 2. The Labute approximate surface area is 176 Å². The number of aryl methyl sites for hydroxylation is 1. The van der Waals surface area contributed by atoms with Crippen LogP contribution in [0.5, 0.6) is 11.5 Å². The zero-order valence-corrected chi connectivity index (χ0v) is 17.4. The molecule has 0 aromatic heterocycles. The van der Waals surface area contributed by atoms with Crippen molar-refractivity contribution in [3.05, 3.63) is 58.7 Å². The Morgan fingerprint density at radius 1 is 1.10 bits per heavy atom. The second-order valence-electron chi connectivity index (χ2n) is 10.4. The van der Waals surface area contributed by atoms with Crippen molar-refractivity contribution in [3.8, 4) is 11.5 Å². The molecule has 2 fully saturated rings. The molecule has 0 amide bonds. The van der Waals surface area contributed by atoms with E-state index in [9.17, 15) is 9.90 Å². The van der Waals surface area contributed by atoms with Gasteiger partial charge in [-0.25, -0.2) is 0 Å². The molecule has 2 aliphatic heterocycles. The number of hydrogen-bond acceptors (Lipinski definition) is 4. The molecule has 2 spiro atoms. The van der Waals surface area contributed by atoms with Gasteiger partial charge in [0.1, 0.15) is 0 Å². The van der Waals surface area contributed by atoms with Crippen LogP contribution in [0, 0.1) is 11.3 Å². The molecule has 2 heterocycles. The van der Waals surface area contributed by atoms with Crippen LogP contribution in [0.2, 0.25) is 0 Å². The smallest absolute Gasteiger partial charge is 0.180 e. The van der Waals surface area contributed by atoms with Crippen molar-refractivity contribution in [2.45, 2.75) is 56.1 Å². The van der Waals surface area contributed by atoms with Crippen LogP contribution in [0.25, 0.3) is 0 Å². The molecule has 1 N–H and O–H groups in total. The van der Waals surface area contributed by atoms with E-state index in [0.29, 0.717) is 23.5 Å². The number of rotatable bonds is 0. The molecule has 5 aliphatic rings. The van der Waals surface area contributed by atoms with Crippen LogP contribution >= 0.6 is 0 Å². The lowest BCUT2D eigenvalue weighted by atomic mass is 9.45. The molecule has 5 atom stereocenters. The number of carbonyl (C=O) groups is 1. The minimum Gasteiger partial charge on any atom is -0.504 e. The van der Waals surface area contributed by atoms with E-state index in [0.717, 1.165) is 45.1 Å². The summed E-state index contributed by atoms with van der Waals surface area (Å²) in [7, 11) is 2.24. The topological polar surface area (TPSA) is 49.8 Å². The maximum absolute atomic E-state index is 14.2. The van der Waals surface area contributed by atoms with Gasteiger partial charge in [0.05, 0.1) is 0 Å². The second kappa shape index (κ2) is 5.47. The van der Waals surface area contributed by atoms with Gasteiger partial charge in [-0.3, -0.25) is 4.79 Å². The van der Waals surface area contributed by atoms with Gasteiger partial charge >= 0.3 is 0 Å². The molecular formula is C26H27NO3. The standard InChI is InChI=1S/C26H27NO3/c1-27-11-10-26-18-14-25(9-8-15-4-2-3-5-17(15)13-25)23(29)24(26)30-22-20(28)7-6-16(21(22)26)12-19(18)27/h2-7,18-19,24,28H,8-14H2,1H3/t18-,19+,24-,25+,26-/m0/s1. The number of phenolic OH excluding ortho intramolecular Hbond substituents is 1. The van der Waals surface area contributed by atoms with Gasteiger partial charge in [0.15, 0.2) is 23.4 Å². The van der Waals surface area contributed by atoms with E-state index in [1.807, 2.05) is 0 Å². The van der Waals surface area contributed by atoms with Crippen LogP contribution in [0.3, 0.4) is 0 Å². The Bertz CT molecular complexity index is 1110. The van der Waals surface area contributed by atoms with E-state index < -0.39 is 6.10 Å². The summed E-state index contributed by atoms with van der Waals surface area (Å²) in [5, 5.41) is 10.6. The fourth-order valence-electron chi connectivity index (χ4n) is 7.88. The van der Waals surface area contributed by atoms with Gasteiger partial charge < -0.3 is 14.7 Å². The van der Waals surface area contributed by atoms with Gasteiger partial charge in [0.25, 0.3) is 0 Å². The van der Waals surface area contributed by atoms with Crippen molar-refractivity contribution in [2.75, 3.05) is 13.6 Å². The van der Waals surface area contributed by atoms with E-state index in [-0.39, 0.29) is 16.6 Å². The summed E-state index contributed by atoms with van der Waals surface area (Å²) in [5.41, 5.74) is 4.59. The van der Waals surface area contributed by atoms with E-state index in [1.165, 1.54) is 22.3 Å². The first-order valence-corrected chi connectivity index (χ1v) is 11.4. The zero-order valence-electron chi connectivity index (χ0n) is 17.4. The lowest BCUT2D eigenvalue weighted by Gasteiger charge is -2.61. The summed E-state index contributed by atoms with van der Waals surface area (Å²) in [6, 6.07) is 12.9. The number of fused-ring (bicyclic) bond motifs is 1. The molecule has 0 radical (unpaired) electrons. The normalized spacial score (nSPS) is 38.2. The molecule has 2 aromatic carbocycles. The van der Waals surface area contributed by atoms with Crippen LogP contribution in [0.1, 0.15) is 41.5 Å². The highest BCUT2D eigenvalue weighted by Crippen LogP contribution is 2.66. The van der Waals surface area contributed by atoms with Gasteiger partial charge in [0.2, 0.25) is 0 Å². The van der Waals surface area contributed by atoms with Crippen LogP contribution in [-0.2, 0) is 29.5 Å². The highest BCUT2D eigenvalue weighted by Gasteiger charge is 2.70. The largest absolute Gasteiger partial charge is 0.504 e. The molecule has 1 saturated heterocycles. The van der Waals surface area contributed by atoms with Crippen molar-refractivity contribution in [1.29, 1.82) is 0 Å². The molecule has 4 nitrogen and oxygen atoms in total. The minimum atomic E-state index is -0.444. The number of ether oxygens (including phenoxy) is 1. The molecule has 3 aliphatic carbocycles. The van der Waals surface area contributed by atoms with Gasteiger partial charge in [-0.2, -0.15) is 0 Å². The van der Waals surface area contributed by atoms with Gasteiger partial charge in [-0.1, -0.05) is 30.3 Å². The third-order valence-electron chi connectivity index (χ3n) is 9.28. The highest BCUT2D eigenvalue weighted by molar-refractivity contribution is 5.94. The minimum absolute atomic E-state index is 0.199. The maximum atomic E-state index is 14.2. The average Bonchev–Trinajstić information content (AvgIpc) is 3.11. The molecule has 2 aromatic rings. The first-order valence-electron chi connectivity index (χ1n) is 11.4. The van der Waals surface area contributed by atoms with Gasteiger partial charge in [0, 0.05) is 22.4 Å². The van der Waals surface area contributed by atoms with Crippen LogP contribution in [-0.4, -0.2) is 41.5 Å². The van der Waals surface area contributed by atoms with Crippen molar-refractivity contribution >= 4 is 5.78 Å². The Morgan fingerprint density at radius 2 is 1.93 bits per heavy atom. The van der Waals surface area contributed by atoms with Gasteiger partial charge in [-0.15, -0.1) is 0 Å². The number of carbonyl (C=O) groups excluding carboxylic acids is 1. The van der Waals surface area contributed by atoms with Crippen LogP contribution in [0.15, 0.2) is 36.4 Å². The van der Waals surface area contributed by atoms with Crippen molar-refractivity contribution < 1.29 is 14.6 Å². The monoisotopic (exact) mass is 401 g/mol. The number of Topliss-reactive ketones (excluding diaryl/α,β-unsaturated/α-hetero) is 1. The summed E-state index contributed by atoms with van der Waals surface area (Å²) in [4.78, 5) is 16.7. The third kappa shape index (κ3) is 1.86. The predicted octanol–water partition coefficient (Wildman–Crippen LogP) is 3.42. The summed E-state index contributed by atoms with van der Waals surface area (Å²) >= 11 is 0. The lowest BCUT2D eigenvalue weighted by Crippen LogP contribution is -2.69. The number of hydrogen-bond donors (Lipinski definition) is 1. The molecule has 0 unspecified atom stereocenters. The quantitative estimate of drug-likeness (QED) is 0.735.